The minimum Gasteiger partial charge on any atom is -0.351 e. The van der Waals surface area contributed by atoms with Gasteiger partial charge in [0.1, 0.15) is 0 Å². The van der Waals surface area contributed by atoms with Crippen LogP contribution >= 0.6 is 27.3 Å². The van der Waals surface area contributed by atoms with Gasteiger partial charge in [0.05, 0.1) is 4.88 Å². The number of hydrogen-bond donors (Lipinski definition) is 1. The van der Waals surface area contributed by atoms with Crippen LogP contribution in [0, 0.1) is 5.92 Å². The number of halogens is 1. The van der Waals surface area contributed by atoms with E-state index in [1.54, 1.807) is 11.3 Å². The van der Waals surface area contributed by atoms with Gasteiger partial charge in [0, 0.05) is 16.2 Å². The van der Waals surface area contributed by atoms with E-state index in [1.165, 1.54) is 55.4 Å². The molecule has 1 aromatic rings. The molecule has 110 valence electrons. The standard InChI is InChI=1S/C16H22BrNOS/c17-13-7-6-11(8-13)10-18-16(19)15-9-12-4-2-1-3-5-14(12)20-15/h9,11,13H,1-8,10H2,(H,18,19). The van der Waals surface area contributed by atoms with Gasteiger partial charge >= 0.3 is 0 Å². The summed E-state index contributed by atoms with van der Waals surface area (Å²) in [5.74, 6) is 0.794. The van der Waals surface area contributed by atoms with E-state index in [1.807, 2.05) is 0 Å². The largest absolute Gasteiger partial charge is 0.351 e. The van der Waals surface area contributed by atoms with Crippen LogP contribution in [-0.4, -0.2) is 17.3 Å². The minimum absolute atomic E-state index is 0.140. The molecule has 1 heterocycles. The van der Waals surface area contributed by atoms with Crippen molar-refractivity contribution in [3.63, 3.8) is 0 Å². The molecule has 20 heavy (non-hydrogen) atoms. The Hall–Kier alpha value is -0.350. The molecule has 0 aromatic carbocycles. The molecule has 0 spiro atoms. The number of carbonyl (C=O) groups is 1. The maximum Gasteiger partial charge on any atom is 0.261 e. The molecule has 1 aromatic heterocycles. The number of aryl methyl sites for hydroxylation is 2. The predicted octanol–water partition coefficient (Wildman–Crippen LogP) is 4.31. The average Bonchev–Trinajstić information content (AvgIpc) is 2.97. The molecule has 2 atom stereocenters. The normalized spacial score (nSPS) is 26.1. The Morgan fingerprint density at radius 2 is 2.15 bits per heavy atom. The maximum absolute atomic E-state index is 12.3. The summed E-state index contributed by atoms with van der Waals surface area (Å²) in [6, 6.07) is 2.14. The number of amides is 1. The molecule has 2 aliphatic carbocycles. The Bertz CT molecular complexity index is 461. The van der Waals surface area contributed by atoms with Gasteiger partial charge < -0.3 is 5.32 Å². The van der Waals surface area contributed by atoms with E-state index in [2.05, 4.69) is 27.3 Å². The lowest BCUT2D eigenvalue weighted by atomic mass is 10.1. The maximum atomic E-state index is 12.3. The quantitative estimate of drug-likeness (QED) is 0.635. The molecule has 3 rings (SSSR count). The summed E-state index contributed by atoms with van der Waals surface area (Å²) in [7, 11) is 0. The third-order valence-corrected chi connectivity index (χ3v) is 6.57. The number of rotatable bonds is 3. The highest BCUT2D eigenvalue weighted by Crippen LogP contribution is 2.31. The first-order chi connectivity index (χ1) is 9.72. The zero-order valence-corrected chi connectivity index (χ0v) is 14.2. The zero-order valence-electron chi connectivity index (χ0n) is 11.8. The molecule has 0 bridgehead atoms. The number of carbonyl (C=O) groups excluding carboxylic acids is 1. The van der Waals surface area contributed by atoms with E-state index in [9.17, 15) is 4.79 Å². The van der Waals surface area contributed by atoms with Crippen LogP contribution in [0.15, 0.2) is 6.07 Å². The van der Waals surface area contributed by atoms with Crippen molar-refractivity contribution >= 4 is 33.2 Å². The van der Waals surface area contributed by atoms with E-state index in [0.717, 1.165) is 17.8 Å². The Labute approximate surface area is 133 Å². The van der Waals surface area contributed by atoms with Crippen LogP contribution in [0.2, 0.25) is 0 Å². The van der Waals surface area contributed by atoms with Gasteiger partial charge in [-0.25, -0.2) is 0 Å². The highest BCUT2D eigenvalue weighted by atomic mass is 79.9. The van der Waals surface area contributed by atoms with E-state index in [4.69, 9.17) is 0 Å². The molecule has 1 fully saturated rings. The van der Waals surface area contributed by atoms with Crippen molar-refractivity contribution in [2.75, 3.05) is 6.54 Å². The Morgan fingerprint density at radius 1 is 1.30 bits per heavy atom. The van der Waals surface area contributed by atoms with Gasteiger partial charge in [-0.15, -0.1) is 11.3 Å². The van der Waals surface area contributed by atoms with Gasteiger partial charge in [0.25, 0.3) is 5.91 Å². The third kappa shape index (κ3) is 3.45. The van der Waals surface area contributed by atoms with Gasteiger partial charge in [0.15, 0.2) is 0 Å². The molecular formula is C16H22BrNOS. The number of hydrogen-bond acceptors (Lipinski definition) is 2. The Kier molecular flexibility index (Phi) is 4.82. The second kappa shape index (κ2) is 6.61. The molecular weight excluding hydrogens is 334 g/mol. The summed E-state index contributed by atoms with van der Waals surface area (Å²) >= 11 is 5.38. The lowest BCUT2D eigenvalue weighted by molar-refractivity contribution is 0.0951. The summed E-state index contributed by atoms with van der Waals surface area (Å²) < 4.78 is 0. The van der Waals surface area contributed by atoms with Crippen LogP contribution in [0.5, 0.6) is 0 Å². The SMILES string of the molecule is O=C(NCC1CCC(Br)C1)c1cc2c(s1)CCCCC2. The molecule has 2 aliphatic rings. The van der Waals surface area contributed by atoms with Gasteiger partial charge in [-0.2, -0.15) is 0 Å². The van der Waals surface area contributed by atoms with Gasteiger partial charge in [-0.3, -0.25) is 4.79 Å². The van der Waals surface area contributed by atoms with Crippen molar-refractivity contribution in [1.82, 2.24) is 5.32 Å². The molecule has 0 radical (unpaired) electrons. The van der Waals surface area contributed by atoms with Crippen molar-refractivity contribution in [3.8, 4) is 0 Å². The number of nitrogens with one attached hydrogen (secondary N) is 1. The molecule has 2 unspecified atom stereocenters. The molecule has 1 saturated carbocycles. The van der Waals surface area contributed by atoms with Gasteiger partial charge in [-0.05, 0) is 62.5 Å². The first-order valence-corrected chi connectivity index (χ1v) is 9.49. The first kappa shape index (κ1) is 14.6. The molecule has 1 N–H and O–H groups in total. The van der Waals surface area contributed by atoms with Crippen molar-refractivity contribution < 1.29 is 4.79 Å². The summed E-state index contributed by atoms with van der Waals surface area (Å²) in [5.41, 5.74) is 1.43. The first-order valence-electron chi connectivity index (χ1n) is 7.76. The van der Waals surface area contributed by atoms with E-state index < -0.39 is 0 Å². The van der Waals surface area contributed by atoms with Crippen LogP contribution in [-0.2, 0) is 12.8 Å². The Balaban J connectivity index is 1.57. The third-order valence-electron chi connectivity index (χ3n) is 4.50. The predicted molar refractivity (Wildman–Crippen MR) is 88.0 cm³/mol. The Morgan fingerprint density at radius 3 is 2.95 bits per heavy atom. The van der Waals surface area contributed by atoms with Crippen LogP contribution in [0.3, 0.4) is 0 Å². The lowest BCUT2D eigenvalue weighted by Crippen LogP contribution is -2.27. The number of fused-ring (bicyclic) bond motifs is 1. The summed E-state index contributed by atoms with van der Waals surface area (Å²) in [6.45, 7) is 0.837. The lowest BCUT2D eigenvalue weighted by Gasteiger charge is -2.09. The van der Waals surface area contributed by atoms with E-state index in [0.29, 0.717) is 10.7 Å². The topological polar surface area (TPSA) is 29.1 Å². The molecule has 2 nitrogen and oxygen atoms in total. The summed E-state index contributed by atoms with van der Waals surface area (Å²) in [4.78, 5) is 15.3. The summed E-state index contributed by atoms with van der Waals surface area (Å²) in [5, 5.41) is 3.14. The molecule has 0 saturated heterocycles. The summed E-state index contributed by atoms with van der Waals surface area (Å²) in [6.07, 6.45) is 9.89. The zero-order chi connectivity index (χ0) is 13.9. The fourth-order valence-electron chi connectivity index (χ4n) is 3.30. The molecule has 0 aliphatic heterocycles. The monoisotopic (exact) mass is 355 g/mol. The highest BCUT2D eigenvalue weighted by molar-refractivity contribution is 9.09. The van der Waals surface area contributed by atoms with Crippen molar-refractivity contribution in [2.45, 2.75) is 56.2 Å². The minimum atomic E-state index is 0.140. The number of thiophene rings is 1. The van der Waals surface area contributed by atoms with Crippen molar-refractivity contribution in [2.24, 2.45) is 5.92 Å². The molecule has 1 amide bonds. The van der Waals surface area contributed by atoms with E-state index >= 15 is 0 Å². The average molecular weight is 356 g/mol. The van der Waals surface area contributed by atoms with E-state index in [-0.39, 0.29) is 5.91 Å². The van der Waals surface area contributed by atoms with Gasteiger partial charge in [0.2, 0.25) is 0 Å². The second-order valence-corrected chi connectivity index (χ2v) is 8.54. The second-order valence-electron chi connectivity index (χ2n) is 6.11. The van der Waals surface area contributed by atoms with Crippen LogP contribution < -0.4 is 5.32 Å². The highest BCUT2D eigenvalue weighted by Gasteiger charge is 2.23. The van der Waals surface area contributed by atoms with Crippen LogP contribution in [0.4, 0.5) is 0 Å². The van der Waals surface area contributed by atoms with Crippen molar-refractivity contribution in [1.29, 1.82) is 0 Å². The fourth-order valence-corrected chi connectivity index (χ4v) is 5.27. The van der Waals surface area contributed by atoms with Crippen LogP contribution in [0.1, 0.15) is 58.6 Å². The smallest absolute Gasteiger partial charge is 0.261 e. The number of alkyl halides is 1. The van der Waals surface area contributed by atoms with Crippen molar-refractivity contribution in [3.05, 3.63) is 21.4 Å². The fraction of sp³-hybridized carbons (Fsp3) is 0.688. The molecule has 4 heteroatoms. The van der Waals surface area contributed by atoms with Crippen LogP contribution in [0.25, 0.3) is 0 Å². The van der Waals surface area contributed by atoms with Gasteiger partial charge in [-0.1, -0.05) is 22.4 Å².